The first-order valence-electron chi connectivity index (χ1n) is 7.75. The molecule has 0 bridgehead atoms. The van der Waals surface area contributed by atoms with Crippen molar-refractivity contribution >= 4 is 0 Å². The average Bonchev–Trinajstić information content (AvgIpc) is 2.31. The van der Waals surface area contributed by atoms with E-state index in [1.54, 1.807) is 0 Å². The van der Waals surface area contributed by atoms with Gasteiger partial charge in [-0.15, -0.1) is 0 Å². The highest BCUT2D eigenvalue weighted by molar-refractivity contribution is 4.93. The van der Waals surface area contributed by atoms with E-state index < -0.39 is 0 Å². The number of unbranched alkanes of at least 4 members (excludes halogenated alkanes) is 6. The van der Waals surface area contributed by atoms with Gasteiger partial charge in [0.15, 0.2) is 0 Å². The minimum absolute atomic E-state index is 0.308. The zero-order chi connectivity index (χ0) is 13.2. The molecule has 0 aromatic rings. The first-order chi connectivity index (χ1) is 8.72. The van der Waals surface area contributed by atoms with Gasteiger partial charge < -0.3 is 10.2 Å². The van der Waals surface area contributed by atoms with Crippen LogP contribution in [0, 0.1) is 5.92 Å². The summed E-state index contributed by atoms with van der Waals surface area (Å²) in [4.78, 5) is 0. The largest absolute Gasteiger partial charge is 0.393 e. The van der Waals surface area contributed by atoms with Crippen LogP contribution in [0.3, 0.4) is 0 Å². The van der Waals surface area contributed by atoms with Crippen LogP contribution < -0.4 is 0 Å². The summed E-state index contributed by atoms with van der Waals surface area (Å²) in [5.74, 6) is 0.379. The molecule has 0 saturated heterocycles. The Kier molecular flexibility index (Phi) is 8.36. The Morgan fingerprint density at radius 2 is 1.50 bits per heavy atom. The van der Waals surface area contributed by atoms with E-state index in [0.717, 1.165) is 19.3 Å². The van der Waals surface area contributed by atoms with Crippen LogP contribution >= 0.6 is 0 Å². The van der Waals surface area contributed by atoms with Gasteiger partial charge in [-0.3, -0.25) is 0 Å². The number of hydrogen-bond donors (Lipinski definition) is 2. The van der Waals surface area contributed by atoms with E-state index in [1.165, 1.54) is 38.5 Å². The summed E-state index contributed by atoms with van der Waals surface area (Å²) in [7, 11) is 0. The van der Waals surface area contributed by atoms with Crippen LogP contribution in [0.25, 0.3) is 0 Å². The molecule has 0 aromatic heterocycles. The Morgan fingerprint density at radius 1 is 0.889 bits per heavy atom. The summed E-state index contributed by atoms with van der Waals surface area (Å²) in [6.07, 6.45) is 15.2. The second kappa shape index (κ2) is 9.57. The van der Waals surface area contributed by atoms with E-state index in [9.17, 15) is 10.2 Å². The van der Waals surface area contributed by atoms with Gasteiger partial charge in [0, 0.05) is 0 Å². The second-order valence-corrected chi connectivity index (χ2v) is 5.76. The maximum Gasteiger partial charge on any atom is 0.0570 e. The highest BCUT2D eigenvalue weighted by Crippen LogP contribution is 2.25. The summed E-state index contributed by atoms with van der Waals surface area (Å²) in [6.45, 7) is 2.25. The first-order valence-corrected chi connectivity index (χ1v) is 7.75. The first kappa shape index (κ1) is 15.7. The van der Waals surface area contributed by atoms with Crippen LogP contribution in [-0.2, 0) is 0 Å². The number of aliphatic hydroxyl groups excluding tert-OH is 2. The molecule has 1 fully saturated rings. The number of rotatable bonds is 8. The van der Waals surface area contributed by atoms with Crippen molar-refractivity contribution in [3.63, 3.8) is 0 Å². The van der Waals surface area contributed by atoms with E-state index in [1.807, 2.05) is 0 Å². The third-order valence-corrected chi connectivity index (χ3v) is 3.83. The third-order valence-electron chi connectivity index (χ3n) is 3.83. The smallest absolute Gasteiger partial charge is 0.0570 e. The fourth-order valence-corrected chi connectivity index (χ4v) is 2.79. The summed E-state index contributed by atoms with van der Waals surface area (Å²) in [5.41, 5.74) is 0. The fraction of sp³-hybridized carbons (Fsp3) is 0.875. The SMILES string of the molecule is CCCCCCCC/C=C/C1CC(O)C[C@H](O)C1. The Morgan fingerprint density at radius 3 is 2.17 bits per heavy atom. The molecule has 106 valence electrons. The second-order valence-electron chi connectivity index (χ2n) is 5.76. The van der Waals surface area contributed by atoms with Gasteiger partial charge in [-0.1, -0.05) is 51.2 Å². The fourth-order valence-electron chi connectivity index (χ4n) is 2.79. The van der Waals surface area contributed by atoms with E-state index in [-0.39, 0.29) is 12.2 Å². The van der Waals surface area contributed by atoms with Crippen molar-refractivity contribution in [1.82, 2.24) is 0 Å². The topological polar surface area (TPSA) is 40.5 Å². The molecule has 2 unspecified atom stereocenters. The maximum atomic E-state index is 9.58. The molecule has 0 spiro atoms. The minimum atomic E-state index is -0.308. The van der Waals surface area contributed by atoms with Crippen LogP contribution in [0.1, 0.15) is 71.1 Å². The lowest BCUT2D eigenvalue weighted by Crippen LogP contribution is -2.28. The van der Waals surface area contributed by atoms with Crippen LogP contribution in [-0.4, -0.2) is 22.4 Å². The maximum absolute atomic E-state index is 9.58. The van der Waals surface area contributed by atoms with Gasteiger partial charge >= 0.3 is 0 Å². The Balaban J connectivity index is 2.02. The van der Waals surface area contributed by atoms with Gasteiger partial charge in [-0.2, -0.15) is 0 Å². The molecule has 1 aliphatic rings. The molecule has 18 heavy (non-hydrogen) atoms. The van der Waals surface area contributed by atoms with Crippen molar-refractivity contribution in [1.29, 1.82) is 0 Å². The van der Waals surface area contributed by atoms with E-state index in [0.29, 0.717) is 12.3 Å². The lowest BCUT2D eigenvalue weighted by molar-refractivity contribution is 0.0244. The quantitative estimate of drug-likeness (QED) is 0.511. The number of allylic oxidation sites excluding steroid dienone is 2. The molecule has 0 radical (unpaired) electrons. The zero-order valence-electron chi connectivity index (χ0n) is 11.9. The molecule has 2 N–H and O–H groups in total. The van der Waals surface area contributed by atoms with Crippen molar-refractivity contribution in [2.45, 2.75) is 83.3 Å². The zero-order valence-corrected chi connectivity index (χ0v) is 11.9. The molecule has 1 rings (SSSR count). The van der Waals surface area contributed by atoms with Crippen molar-refractivity contribution in [3.8, 4) is 0 Å². The summed E-state index contributed by atoms with van der Waals surface area (Å²) >= 11 is 0. The van der Waals surface area contributed by atoms with Gasteiger partial charge in [0.1, 0.15) is 0 Å². The summed E-state index contributed by atoms with van der Waals surface area (Å²) in [6, 6.07) is 0. The van der Waals surface area contributed by atoms with Gasteiger partial charge in [-0.05, 0) is 38.0 Å². The molecule has 2 heteroatoms. The van der Waals surface area contributed by atoms with E-state index >= 15 is 0 Å². The Hall–Kier alpha value is -0.340. The third kappa shape index (κ3) is 7.17. The molecular formula is C16H30O2. The average molecular weight is 254 g/mol. The molecule has 3 atom stereocenters. The number of aliphatic hydroxyl groups is 2. The van der Waals surface area contributed by atoms with E-state index in [2.05, 4.69) is 19.1 Å². The normalized spacial score (nSPS) is 28.9. The van der Waals surface area contributed by atoms with Crippen LogP contribution in [0.2, 0.25) is 0 Å². The lowest BCUT2D eigenvalue weighted by Gasteiger charge is -2.27. The lowest BCUT2D eigenvalue weighted by atomic mass is 9.85. The van der Waals surface area contributed by atoms with Gasteiger partial charge in [0.05, 0.1) is 12.2 Å². The van der Waals surface area contributed by atoms with Gasteiger partial charge in [0.2, 0.25) is 0 Å². The Bertz CT molecular complexity index is 215. The van der Waals surface area contributed by atoms with Crippen LogP contribution in [0.4, 0.5) is 0 Å². The van der Waals surface area contributed by atoms with Crippen LogP contribution in [0.5, 0.6) is 0 Å². The predicted octanol–water partition coefficient (Wildman–Crippen LogP) is 3.82. The Labute approximate surface area is 112 Å². The predicted molar refractivity (Wildman–Crippen MR) is 76.5 cm³/mol. The molecule has 2 nitrogen and oxygen atoms in total. The highest BCUT2D eigenvalue weighted by atomic mass is 16.3. The molecule has 0 heterocycles. The van der Waals surface area contributed by atoms with Crippen molar-refractivity contribution in [3.05, 3.63) is 12.2 Å². The molecule has 0 amide bonds. The van der Waals surface area contributed by atoms with Gasteiger partial charge in [-0.25, -0.2) is 0 Å². The minimum Gasteiger partial charge on any atom is -0.393 e. The molecular weight excluding hydrogens is 224 g/mol. The highest BCUT2D eigenvalue weighted by Gasteiger charge is 2.24. The molecule has 0 aliphatic heterocycles. The van der Waals surface area contributed by atoms with Gasteiger partial charge in [0.25, 0.3) is 0 Å². The standard InChI is InChI=1S/C16H30O2/c1-2-3-4-5-6-7-8-9-10-14-11-15(17)13-16(18)12-14/h9-10,14-18H,2-8,11-13H2,1H3/b10-9+/t14?,15-,16?/m1/s1. The summed E-state index contributed by atoms with van der Waals surface area (Å²) in [5, 5.41) is 19.2. The van der Waals surface area contributed by atoms with Crippen molar-refractivity contribution < 1.29 is 10.2 Å². The molecule has 0 aromatic carbocycles. The molecule has 1 aliphatic carbocycles. The van der Waals surface area contributed by atoms with Crippen molar-refractivity contribution in [2.24, 2.45) is 5.92 Å². The molecule has 1 saturated carbocycles. The summed E-state index contributed by atoms with van der Waals surface area (Å²) < 4.78 is 0. The van der Waals surface area contributed by atoms with Crippen molar-refractivity contribution in [2.75, 3.05) is 0 Å². The van der Waals surface area contributed by atoms with E-state index in [4.69, 9.17) is 0 Å². The number of hydrogen-bond acceptors (Lipinski definition) is 2. The van der Waals surface area contributed by atoms with Crippen LogP contribution in [0.15, 0.2) is 12.2 Å². The monoisotopic (exact) mass is 254 g/mol.